The van der Waals surface area contributed by atoms with Gasteiger partial charge in [-0.2, -0.15) is 0 Å². The minimum absolute atomic E-state index is 0.706. The van der Waals surface area contributed by atoms with Gasteiger partial charge in [0.1, 0.15) is 11.4 Å². The lowest BCUT2D eigenvalue weighted by molar-refractivity contribution is 1.32. The second-order valence-corrected chi connectivity index (χ2v) is 8.39. The van der Waals surface area contributed by atoms with E-state index in [1.807, 2.05) is 97.1 Å². The van der Waals surface area contributed by atoms with E-state index in [1.54, 1.807) is 0 Å². The minimum atomic E-state index is 0.706. The molecule has 2 aromatic heterocycles. The minimum Gasteiger partial charge on any atom is -0.239 e. The molecule has 0 amide bonds. The number of benzene rings is 4. The van der Waals surface area contributed by atoms with E-state index in [2.05, 4.69) is 47.9 Å². The SMILES string of the molecule is C(#Cc1nc2ccccc2cc1-c1cc2ccccc2nc1C#Cc1ccccc1)c1ccccc1. The molecule has 4 aromatic carbocycles. The third-order valence-corrected chi connectivity index (χ3v) is 5.94. The summed E-state index contributed by atoms with van der Waals surface area (Å²) in [6, 6.07) is 40.5. The number of fused-ring (bicyclic) bond motifs is 2. The summed E-state index contributed by atoms with van der Waals surface area (Å²) in [4.78, 5) is 9.91. The Morgan fingerprint density at radius 3 is 1.22 bits per heavy atom. The Kier molecular flexibility index (Phi) is 5.69. The van der Waals surface area contributed by atoms with Crippen molar-refractivity contribution in [3.05, 3.63) is 144 Å². The molecule has 0 fully saturated rings. The number of hydrogen-bond acceptors (Lipinski definition) is 2. The highest BCUT2D eigenvalue weighted by atomic mass is 14.7. The number of aromatic nitrogens is 2. The maximum absolute atomic E-state index is 4.96. The lowest BCUT2D eigenvalue weighted by Crippen LogP contribution is -1.96. The van der Waals surface area contributed by atoms with Crippen molar-refractivity contribution < 1.29 is 0 Å². The molecular formula is C34H20N2. The lowest BCUT2D eigenvalue weighted by Gasteiger charge is -2.11. The van der Waals surface area contributed by atoms with E-state index in [4.69, 9.17) is 9.97 Å². The average Bonchev–Trinajstić information content (AvgIpc) is 2.95. The summed E-state index contributed by atoms with van der Waals surface area (Å²) in [7, 11) is 0. The van der Waals surface area contributed by atoms with Gasteiger partial charge in [-0.25, -0.2) is 9.97 Å². The Hall–Kier alpha value is -5.18. The Bertz CT molecular complexity index is 1690. The zero-order valence-corrected chi connectivity index (χ0v) is 19.4. The predicted octanol–water partition coefficient (Wildman–Crippen LogP) is 7.25. The van der Waals surface area contributed by atoms with Crippen LogP contribution in [-0.2, 0) is 0 Å². The molecule has 0 aliphatic heterocycles. The normalized spacial score (nSPS) is 10.3. The van der Waals surface area contributed by atoms with Crippen LogP contribution >= 0.6 is 0 Å². The largest absolute Gasteiger partial charge is 0.239 e. The summed E-state index contributed by atoms with van der Waals surface area (Å²) in [6.07, 6.45) is 0. The number of rotatable bonds is 1. The first kappa shape index (κ1) is 21.4. The fourth-order valence-corrected chi connectivity index (χ4v) is 4.14. The van der Waals surface area contributed by atoms with E-state index in [1.165, 1.54) is 0 Å². The summed E-state index contributed by atoms with van der Waals surface area (Å²) in [5, 5.41) is 2.10. The van der Waals surface area contributed by atoms with Gasteiger partial charge >= 0.3 is 0 Å². The summed E-state index contributed by atoms with van der Waals surface area (Å²) >= 11 is 0. The van der Waals surface area contributed by atoms with Crippen LogP contribution in [0, 0.1) is 23.7 Å². The molecule has 0 N–H and O–H groups in total. The van der Waals surface area contributed by atoms with Crippen LogP contribution in [0.15, 0.2) is 121 Å². The van der Waals surface area contributed by atoms with E-state index in [-0.39, 0.29) is 0 Å². The lowest BCUT2D eigenvalue weighted by atomic mass is 9.98. The third kappa shape index (κ3) is 4.45. The van der Waals surface area contributed by atoms with Crippen LogP contribution in [0.2, 0.25) is 0 Å². The van der Waals surface area contributed by atoms with Gasteiger partial charge in [0.05, 0.1) is 11.0 Å². The molecule has 0 saturated carbocycles. The zero-order chi connectivity index (χ0) is 24.2. The van der Waals surface area contributed by atoms with E-state index in [0.29, 0.717) is 11.4 Å². The van der Waals surface area contributed by atoms with Gasteiger partial charge < -0.3 is 0 Å². The van der Waals surface area contributed by atoms with Gasteiger partial charge in [-0.1, -0.05) is 84.6 Å². The molecule has 0 aliphatic carbocycles. The summed E-state index contributed by atoms with van der Waals surface area (Å²) in [5.74, 6) is 13.2. The molecule has 166 valence electrons. The molecule has 0 atom stereocenters. The van der Waals surface area contributed by atoms with Gasteiger partial charge in [-0.15, -0.1) is 0 Å². The summed E-state index contributed by atoms with van der Waals surface area (Å²) in [6.45, 7) is 0. The van der Waals surface area contributed by atoms with Gasteiger partial charge in [0.15, 0.2) is 0 Å². The monoisotopic (exact) mass is 456 g/mol. The third-order valence-electron chi connectivity index (χ3n) is 5.94. The van der Waals surface area contributed by atoms with Crippen LogP contribution in [-0.4, -0.2) is 9.97 Å². The Morgan fingerprint density at radius 1 is 0.389 bits per heavy atom. The maximum atomic E-state index is 4.96. The van der Waals surface area contributed by atoms with Crippen LogP contribution in [0.4, 0.5) is 0 Å². The molecule has 0 saturated heterocycles. The van der Waals surface area contributed by atoms with Crippen LogP contribution in [0.3, 0.4) is 0 Å². The van der Waals surface area contributed by atoms with Crippen molar-refractivity contribution in [2.45, 2.75) is 0 Å². The van der Waals surface area contributed by atoms with Crippen molar-refractivity contribution in [2.75, 3.05) is 0 Å². The molecule has 6 aromatic rings. The zero-order valence-electron chi connectivity index (χ0n) is 19.4. The molecule has 0 spiro atoms. The van der Waals surface area contributed by atoms with E-state index in [9.17, 15) is 0 Å². The van der Waals surface area contributed by atoms with Crippen LogP contribution in [0.5, 0.6) is 0 Å². The van der Waals surface area contributed by atoms with Crippen LogP contribution < -0.4 is 0 Å². The molecule has 2 heterocycles. The number of para-hydroxylation sites is 2. The second-order valence-electron chi connectivity index (χ2n) is 8.39. The van der Waals surface area contributed by atoms with Crippen LogP contribution in [0.1, 0.15) is 22.5 Å². The van der Waals surface area contributed by atoms with Crippen molar-refractivity contribution in [2.24, 2.45) is 0 Å². The highest BCUT2D eigenvalue weighted by Gasteiger charge is 2.14. The van der Waals surface area contributed by atoms with E-state index in [0.717, 1.165) is 44.1 Å². The van der Waals surface area contributed by atoms with Gasteiger partial charge in [-0.3, -0.25) is 0 Å². The van der Waals surface area contributed by atoms with Gasteiger partial charge in [0.2, 0.25) is 0 Å². The van der Waals surface area contributed by atoms with Crippen LogP contribution in [0.25, 0.3) is 32.9 Å². The number of pyridine rings is 2. The molecule has 2 nitrogen and oxygen atoms in total. The summed E-state index contributed by atoms with van der Waals surface area (Å²) in [5.41, 5.74) is 6.96. The average molecular weight is 457 g/mol. The van der Waals surface area contributed by atoms with Crippen molar-refractivity contribution in [3.8, 4) is 34.8 Å². The Morgan fingerprint density at radius 2 is 0.778 bits per heavy atom. The first-order chi connectivity index (χ1) is 17.8. The fraction of sp³-hybridized carbons (Fsp3) is 0. The summed E-state index contributed by atoms with van der Waals surface area (Å²) < 4.78 is 0. The smallest absolute Gasteiger partial charge is 0.122 e. The highest BCUT2D eigenvalue weighted by Crippen LogP contribution is 2.31. The fourth-order valence-electron chi connectivity index (χ4n) is 4.14. The van der Waals surface area contributed by atoms with Crippen molar-refractivity contribution in [3.63, 3.8) is 0 Å². The first-order valence-electron chi connectivity index (χ1n) is 11.8. The van der Waals surface area contributed by atoms with Gasteiger partial charge in [-0.05, 0) is 60.4 Å². The molecule has 36 heavy (non-hydrogen) atoms. The molecule has 0 bridgehead atoms. The van der Waals surface area contributed by atoms with E-state index < -0.39 is 0 Å². The standard InChI is InChI=1S/C34H20N2/c1-3-11-25(12-4-1)19-21-33-29(23-27-15-7-9-17-31(27)35-33)30-24-28-16-8-10-18-32(28)36-34(30)22-20-26-13-5-2-6-14-26/h1-18,23-24H. The van der Waals surface area contributed by atoms with Crippen molar-refractivity contribution in [1.29, 1.82) is 0 Å². The molecule has 0 aliphatic rings. The molecular weight excluding hydrogens is 436 g/mol. The first-order valence-corrected chi connectivity index (χ1v) is 11.8. The van der Waals surface area contributed by atoms with E-state index >= 15 is 0 Å². The Balaban J connectivity index is 1.61. The second kappa shape index (κ2) is 9.59. The molecule has 2 heteroatoms. The topological polar surface area (TPSA) is 25.8 Å². The molecule has 0 radical (unpaired) electrons. The predicted molar refractivity (Wildman–Crippen MR) is 147 cm³/mol. The molecule has 6 rings (SSSR count). The highest BCUT2D eigenvalue weighted by molar-refractivity contribution is 5.91. The Labute approximate surface area is 210 Å². The van der Waals surface area contributed by atoms with Gasteiger partial charge in [0.25, 0.3) is 0 Å². The molecule has 0 unspecified atom stereocenters. The maximum Gasteiger partial charge on any atom is 0.122 e. The number of nitrogens with zero attached hydrogens (tertiary/aromatic N) is 2. The number of hydrogen-bond donors (Lipinski definition) is 0. The quantitative estimate of drug-likeness (QED) is 0.244. The van der Waals surface area contributed by atoms with Gasteiger partial charge in [0, 0.05) is 33.0 Å². The van der Waals surface area contributed by atoms with Crippen molar-refractivity contribution in [1.82, 2.24) is 9.97 Å². The van der Waals surface area contributed by atoms with Crippen molar-refractivity contribution >= 4 is 21.8 Å².